The molecule has 0 bridgehead atoms. The molecule has 0 atom stereocenters. The monoisotopic (exact) mass is 292 g/mol. The van der Waals surface area contributed by atoms with E-state index < -0.39 is 16.4 Å². The first kappa shape index (κ1) is 15.0. The predicted molar refractivity (Wildman–Crippen MR) is 80.9 cm³/mol. The lowest BCUT2D eigenvalue weighted by molar-refractivity contribution is -0.157. The Labute approximate surface area is 122 Å². The third-order valence-electron chi connectivity index (χ3n) is 3.68. The number of rotatable bonds is 3. The normalized spacial score (nSPS) is 26.0. The molecule has 0 saturated carbocycles. The van der Waals surface area contributed by atoms with Crippen molar-refractivity contribution in [2.45, 2.75) is 32.3 Å². The number of ether oxygens (including phenoxy) is 1. The first-order valence-electron chi connectivity index (χ1n) is 6.74. The van der Waals surface area contributed by atoms with Gasteiger partial charge in [-0.3, -0.25) is 4.21 Å². The fraction of sp³-hybridized carbons (Fsp3) is 0.438. The molecule has 1 heterocycles. The first-order chi connectivity index (χ1) is 9.43. The third kappa shape index (κ3) is 3.18. The van der Waals surface area contributed by atoms with Crippen molar-refractivity contribution in [3.8, 4) is 0 Å². The predicted octanol–water partition coefficient (Wildman–Crippen LogP) is 2.85. The van der Waals surface area contributed by atoms with Crippen LogP contribution < -0.4 is 0 Å². The molecule has 0 amide bonds. The summed E-state index contributed by atoms with van der Waals surface area (Å²) >= 11 is 0. The van der Waals surface area contributed by atoms with E-state index in [4.69, 9.17) is 4.74 Å². The van der Waals surface area contributed by atoms with E-state index in [2.05, 4.69) is 6.58 Å². The van der Waals surface area contributed by atoms with Crippen LogP contribution in [0.4, 0.5) is 0 Å². The maximum Gasteiger partial charge on any atom is 0.333 e. The summed E-state index contributed by atoms with van der Waals surface area (Å²) in [5.41, 5.74) is 1.88. The molecule has 1 aromatic carbocycles. The smallest absolute Gasteiger partial charge is 0.333 e. The standard InChI is InChI=1S/C16H20O3S/c1-12(2)15(17)19-16(8-10-20(18)11-9-16)14-6-4-13(3)5-7-14/h4-7H,1,8-11H2,2-3H3. The van der Waals surface area contributed by atoms with Gasteiger partial charge in [-0.25, -0.2) is 4.79 Å². The lowest BCUT2D eigenvalue weighted by Gasteiger charge is -2.37. The van der Waals surface area contributed by atoms with Crippen LogP contribution in [0.1, 0.15) is 30.9 Å². The van der Waals surface area contributed by atoms with Crippen molar-refractivity contribution in [2.24, 2.45) is 0 Å². The summed E-state index contributed by atoms with van der Waals surface area (Å²) in [4.78, 5) is 11.9. The lowest BCUT2D eigenvalue weighted by Crippen LogP contribution is -2.39. The molecule has 0 spiro atoms. The Hall–Kier alpha value is -1.42. The van der Waals surface area contributed by atoms with Crippen LogP contribution in [-0.4, -0.2) is 21.7 Å². The molecule has 2 rings (SSSR count). The molecular weight excluding hydrogens is 272 g/mol. The molecule has 0 aliphatic carbocycles. The van der Waals surface area contributed by atoms with Crippen molar-refractivity contribution < 1.29 is 13.7 Å². The summed E-state index contributed by atoms with van der Waals surface area (Å²) in [6.45, 7) is 7.30. The molecule has 0 aromatic heterocycles. The van der Waals surface area contributed by atoms with Gasteiger partial charge in [-0.15, -0.1) is 0 Å². The Bertz CT molecular complexity index is 535. The van der Waals surface area contributed by atoms with Gasteiger partial charge in [0.15, 0.2) is 0 Å². The number of carbonyl (C=O) groups excluding carboxylic acids is 1. The van der Waals surface area contributed by atoms with E-state index in [0.717, 1.165) is 11.1 Å². The Morgan fingerprint density at radius 3 is 2.30 bits per heavy atom. The third-order valence-corrected chi connectivity index (χ3v) is 5.00. The van der Waals surface area contributed by atoms with Crippen LogP contribution in [0, 0.1) is 6.92 Å². The van der Waals surface area contributed by atoms with Gasteiger partial charge < -0.3 is 4.74 Å². The molecule has 1 aliphatic rings. The molecule has 1 aromatic rings. The fourth-order valence-electron chi connectivity index (χ4n) is 2.36. The van der Waals surface area contributed by atoms with Crippen LogP contribution in [0.2, 0.25) is 0 Å². The van der Waals surface area contributed by atoms with Crippen LogP contribution in [0.15, 0.2) is 36.4 Å². The van der Waals surface area contributed by atoms with Gasteiger partial charge in [-0.2, -0.15) is 0 Å². The second-order valence-electron chi connectivity index (χ2n) is 5.38. The lowest BCUT2D eigenvalue weighted by atomic mass is 9.87. The highest BCUT2D eigenvalue weighted by Crippen LogP contribution is 2.37. The van der Waals surface area contributed by atoms with Crippen molar-refractivity contribution in [3.63, 3.8) is 0 Å². The summed E-state index contributed by atoms with van der Waals surface area (Å²) in [6, 6.07) is 8.01. The number of carbonyl (C=O) groups is 1. The molecular formula is C16H20O3S. The molecule has 1 fully saturated rings. The molecule has 3 nitrogen and oxygen atoms in total. The Balaban J connectivity index is 2.33. The van der Waals surface area contributed by atoms with E-state index in [1.807, 2.05) is 31.2 Å². The van der Waals surface area contributed by atoms with Gasteiger partial charge in [-0.05, 0) is 19.4 Å². The van der Waals surface area contributed by atoms with E-state index in [1.54, 1.807) is 6.92 Å². The SMILES string of the molecule is C=C(C)C(=O)OC1(c2ccc(C)cc2)CCS(=O)CC1. The van der Waals surface area contributed by atoms with Gasteiger partial charge in [0, 0.05) is 40.7 Å². The Kier molecular flexibility index (Phi) is 4.43. The summed E-state index contributed by atoms with van der Waals surface area (Å²) in [6.07, 6.45) is 1.20. The average Bonchev–Trinajstić information content (AvgIpc) is 2.42. The van der Waals surface area contributed by atoms with Crippen molar-refractivity contribution in [1.29, 1.82) is 0 Å². The summed E-state index contributed by atoms with van der Waals surface area (Å²) in [5, 5.41) is 0. The van der Waals surface area contributed by atoms with Crippen LogP contribution >= 0.6 is 0 Å². The van der Waals surface area contributed by atoms with Crippen molar-refractivity contribution in [2.75, 3.05) is 11.5 Å². The minimum Gasteiger partial charge on any atom is -0.451 e. The number of aryl methyl sites for hydroxylation is 1. The largest absolute Gasteiger partial charge is 0.451 e. The number of benzene rings is 1. The molecule has 0 unspecified atom stereocenters. The van der Waals surface area contributed by atoms with E-state index in [1.165, 1.54) is 0 Å². The van der Waals surface area contributed by atoms with E-state index in [0.29, 0.717) is 29.9 Å². The van der Waals surface area contributed by atoms with Gasteiger partial charge in [0.25, 0.3) is 0 Å². The highest BCUT2D eigenvalue weighted by molar-refractivity contribution is 7.85. The maximum atomic E-state index is 11.9. The molecule has 1 saturated heterocycles. The topological polar surface area (TPSA) is 43.4 Å². The number of hydrogen-bond acceptors (Lipinski definition) is 3. The first-order valence-corrected chi connectivity index (χ1v) is 8.23. The average molecular weight is 292 g/mol. The van der Waals surface area contributed by atoms with E-state index >= 15 is 0 Å². The van der Waals surface area contributed by atoms with E-state index in [9.17, 15) is 9.00 Å². The molecule has 0 N–H and O–H groups in total. The van der Waals surface area contributed by atoms with Crippen LogP contribution in [-0.2, 0) is 25.9 Å². The second-order valence-corrected chi connectivity index (χ2v) is 7.07. The highest BCUT2D eigenvalue weighted by Gasteiger charge is 2.39. The van der Waals surface area contributed by atoms with Crippen LogP contribution in [0.3, 0.4) is 0 Å². The van der Waals surface area contributed by atoms with Crippen molar-refractivity contribution >= 4 is 16.8 Å². The van der Waals surface area contributed by atoms with E-state index in [-0.39, 0.29) is 5.97 Å². The van der Waals surface area contributed by atoms with Crippen LogP contribution in [0.5, 0.6) is 0 Å². The van der Waals surface area contributed by atoms with Gasteiger partial charge in [0.2, 0.25) is 0 Å². The second kappa shape index (κ2) is 5.92. The molecule has 4 heteroatoms. The Morgan fingerprint density at radius 1 is 1.25 bits per heavy atom. The zero-order valence-electron chi connectivity index (χ0n) is 12.0. The van der Waals surface area contributed by atoms with Gasteiger partial charge in [0.05, 0.1) is 0 Å². The van der Waals surface area contributed by atoms with Crippen molar-refractivity contribution in [1.82, 2.24) is 0 Å². The van der Waals surface area contributed by atoms with Crippen LogP contribution in [0.25, 0.3) is 0 Å². The molecule has 1 aliphatic heterocycles. The molecule has 0 radical (unpaired) electrons. The van der Waals surface area contributed by atoms with Gasteiger partial charge >= 0.3 is 5.97 Å². The summed E-state index contributed by atoms with van der Waals surface area (Å²) in [5.74, 6) is 0.757. The number of esters is 1. The minimum atomic E-state index is -0.804. The zero-order chi connectivity index (χ0) is 14.8. The summed E-state index contributed by atoms with van der Waals surface area (Å²) in [7, 11) is -0.804. The van der Waals surface area contributed by atoms with Crippen molar-refractivity contribution in [3.05, 3.63) is 47.5 Å². The minimum absolute atomic E-state index is 0.377. The molecule has 108 valence electrons. The summed E-state index contributed by atoms with van der Waals surface area (Å²) < 4.78 is 17.4. The van der Waals surface area contributed by atoms with Gasteiger partial charge in [-0.1, -0.05) is 36.4 Å². The molecule has 20 heavy (non-hydrogen) atoms. The quantitative estimate of drug-likeness (QED) is 0.635. The zero-order valence-corrected chi connectivity index (χ0v) is 12.8. The van der Waals surface area contributed by atoms with Gasteiger partial charge in [0.1, 0.15) is 5.60 Å². The fourth-order valence-corrected chi connectivity index (χ4v) is 3.67. The Morgan fingerprint density at radius 2 is 1.80 bits per heavy atom. The maximum absolute atomic E-state index is 11.9. The highest BCUT2D eigenvalue weighted by atomic mass is 32.2. The number of hydrogen-bond donors (Lipinski definition) is 0.